The van der Waals surface area contributed by atoms with Gasteiger partial charge in [0.1, 0.15) is 11.4 Å². The monoisotopic (exact) mass is 291 g/mol. The second kappa shape index (κ2) is 5.81. The summed E-state index contributed by atoms with van der Waals surface area (Å²) in [7, 11) is 0. The third kappa shape index (κ3) is 3.12. The van der Waals surface area contributed by atoms with Gasteiger partial charge in [-0.3, -0.25) is 9.59 Å². The lowest BCUT2D eigenvalue weighted by Gasteiger charge is -2.12. The molecule has 2 aromatic heterocycles. The Bertz CT molecular complexity index is 690. The molecule has 9 heteroatoms. The van der Waals surface area contributed by atoms with Gasteiger partial charge < -0.3 is 10.3 Å². The van der Waals surface area contributed by atoms with E-state index in [-0.39, 0.29) is 11.5 Å². The largest absolute Gasteiger partial charge is 0.342 e. The molecule has 1 atom stereocenters. The zero-order valence-electron chi connectivity index (χ0n) is 12.3. The maximum atomic E-state index is 12.2. The molecular weight excluding hydrogens is 274 g/mol. The summed E-state index contributed by atoms with van der Waals surface area (Å²) >= 11 is 0. The third-order valence-corrected chi connectivity index (χ3v) is 2.99. The highest BCUT2D eigenvalue weighted by molar-refractivity contribution is 5.95. The molecule has 21 heavy (non-hydrogen) atoms. The van der Waals surface area contributed by atoms with Crippen LogP contribution in [0, 0.1) is 6.92 Å². The quantitative estimate of drug-likeness (QED) is 0.738. The van der Waals surface area contributed by atoms with Crippen LogP contribution in [0.4, 0.5) is 0 Å². The van der Waals surface area contributed by atoms with Crippen molar-refractivity contribution in [2.45, 2.75) is 39.7 Å². The number of carbonyl (C=O) groups excluding carboxylic acids is 1. The fourth-order valence-electron chi connectivity index (χ4n) is 1.83. The van der Waals surface area contributed by atoms with Gasteiger partial charge in [0, 0.05) is 5.92 Å². The number of aryl methyl sites for hydroxylation is 1. The average molecular weight is 291 g/mol. The first kappa shape index (κ1) is 14.8. The predicted molar refractivity (Wildman–Crippen MR) is 73.7 cm³/mol. The second-order valence-electron chi connectivity index (χ2n) is 5.03. The normalized spacial score (nSPS) is 12.4. The van der Waals surface area contributed by atoms with Crippen LogP contribution in [-0.2, 0) is 0 Å². The van der Waals surface area contributed by atoms with Crippen molar-refractivity contribution in [2.75, 3.05) is 0 Å². The molecule has 9 nitrogen and oxygen atoms in total. The first-order valence-electron chi connectivity index (χ1n) is 6.55. The highest BCUT2D eigenvalue weighted by atomic mass is 16.2. The molecule has 1 amide bonds. The molecule has 0 radical (unpaired) electrons. The van der Waals surface area contributed by atoms with Gasteiger partial charge in [0.15, 0.2) is 5.82 Å². The van der Waals surface area contributed by atoms with E-state index in [0.717, 1.165) is 0 Å². The summed E-state index contributed by atoms with van der Waals surface area (Å²) in [4.78, 5) is 31.2. The van der Waals surface area contributed by atoms with Crippen molar-refractivity contribution in [1.82, 2.24) is 35.9 Å². The highest BCUT2D eigenvalue weighted by Gasteiger charge is 2.20. The topological polar surface area (TPSA) is 129 Å². The molecule has 0 fully saturated rings. The minimum Gasteiger partial charge on any atom is -0.342 e. The Morgan fingerprint density at radius 1 is 1.29 bits per heavy atom. The molecule has 1 unspecified atom stereocenters. The maximum absolute atomic E-state index is 12.2. The summed E-state index contributed by atoms with van der Waals surface area (Å²) in [6.45, 7) is 7.16. The van der Waals surface area contributed by atoms with E-state index in [1.807, 2.05) is 13.8 Å². The molecule has 0 aromatic carbocycles. The molecule has 0 aliphatic rings. The Kier molecular flexibility index (Phi) is 4.10. The van der Waals surface area contributed by atoms with Crippen LogP contribution in [-0.4, -0.2) is 36.5 Å². The third-order valence-electron chi connectivity index (χ3n) is 2.99. The van der Waals surface area contributed by atoms with Gasteiger partial charge in [0.2, 0.25) is 0 Å². The van der Waals surface area contributed by atoms with Crippen LogP contribution >= 0.6 is 0 Å². The van der Waals surface area contributed by atoms with Crippen LogP contribution in [0.2, 0.25) is 0 Å². The van der Waals surface area contributed by atoms with Gasteiger partial charge in [-0.25, -0.2) is 4.98 Å². The van der Waals surface area contributed by atoms with Crippen LogP contribution in [0.3, 0.4) is 0 Å². The molecule has 2 heterocycles. The smallest absolute Gasteiger partial charge is 0.264 e. The lowest BCUT2D eigenvalue weighted by Crippen LogP contribution is -2.34. The molecule has 0 bridgehead atoms. The van der Waals surface area contributed by atoms with Gasteiger partial charge >= 0.3 is 0 Å². The van der Waals surface area contributed by atoms with Crippen LogP contribution in [0.5, 0.6) is 0 Å². The van der Waals surface area contributed by atoms with Crippen molar-refractivity contribution in [3.63, 3.8) is 0 Å². The Hall–Kier alpha value is -2.58. The Morgan fingerprint density at radius 3 is 2.52 bits per heavy atom. The maximum Gasteiger partial charge on any atom is 0.264 e. The summed E-state index contributed by atoms with van der Waals surface area (Å²) in [5.41, 5.74) is -0.0704. The van der Waals surface area contributed by atoms with Gasteiger partial charge in [0.05, 0.1) is 11.7 Å². The SMILES string of the molecule is Cc1nc(C(C)C)[nH]c(=O)c1C(=O)NC(C)c1nn[nH]n1. The first-order valence-corrected chi connectivity index (χ1v) is 6.55. The lowest BCUT2D eigenvalue weighted by atomic mass is 10.1. The number of hydrogen-bond acceptors (Lipinski definition) is 6. The fraction of sp³-hybridized carbons (Fsp3) is 0.500. The Labute approximate surface area is 120 Å². The van der Waals surface area contributed by atoms with Crippen molar-refractivity contribution in [3.8, 4) is 0 Å². The lowest BCUT2D eigenvalue weighted by molar-refractivity contribution is 0.0935. The summed E-state index contributed by atoms with van der Waals surface area (Å²) in [6, 6.07) is -0.472. The van der Waals surface area contributed by atoms with Crippen LogP contribution < -0.4 is 10.9 Å². The van der Waals surface area contributed by atoms with E-state index >= 15 is 0 Å². The molecule has 0 saturated carbocycles. The van der Waals surface area contributed by atoms with E-state index in [0.29, 0.717) is 17.3 Å². The summed E-state index contributed by atoms with van der Waals surface area (Å²) in [5, 5.41) is 15.9. The minimum atomic E-state index is -0.520. The zero-order chi connectivity index (χ0) is 15.6. The standard InChI is InChI=1S/C12H17N7O2/c1-5(2)9-13-6(3)8(12(21)15-9)11(20)14-7(4)10-16-18-19-17-10/h5,7H,1-4H3,(H,14,20)(H,13,15,21)(H,16,17,18,19). The highest BCUT2D eigenvalue weighted by Crippen LogP contribution is 2.10. The Balaban J connectivity index is 2.26. The minimum absolute atomic E-state index is 0.00487. The van der Waals surface area contributed by atoms with Crippen molar-refractivity contribution >= 4 is 5.91 Å². The molecule has 112 valence electrons. The van der Waals surface area contributed by atoms with Gasteiger partial charge in [-0.15, -0.1) is 10.2 Å². The van der Waals surface area contributed by atoms with E-state index < -0.39 is 17.5 Å². The summed E-state index contributed by atoms with van der Waals surface area (Å²) in [6.07, 6.45) is 0. The molecular formula is C12H17N7O2. The van der Waals surface area contributed by atoms with Crippen molar-refractivity contribution in [1.29, 1.82) is 0 Å². The molecule has 0 aliphatic heterocycles. The summed E-state index contributed by atoms with van der Waals surface area (Å²) in [5.74, 6) is 0.449. The summed E-state index contributed by atoms with van der Waals surface area (Å²) < 4.78 is 0. The van der Waals surface area contributed by atoms with Crippen molar-refractivity contribution < 1.29 is 4.79 Å². The predicted octanol–water partition coefficient (Wildman–Crippen LogP) is 0.206. The van der Waals surface area contributed by atoms with E-state index in [4.69, 9.17) is 0 Å². The van der Waals surface area contributed by atoms with E-state index in [9.17, 15) is 9.59 Å². The number of nitrogens with one attached hydrogen (secondary N) is 3. The Morgan fingerprint density at radius 2 is 2.00 bits per heavy atom. The number of aromatic amines is 2. The van der Waals surface area contributed by atoms with Gasteiger partial charge in [-0.2, -0.15) is 5.21 Å². The average Bonchev–Trinajstić information content (AvgIpc) is 2.91. The van der Waals surface area contributed by atoms with Crippen LogP contribution in [0.25, 0.3) is 0 Å². The molecule has 3 N–H and O–H groups in total. The van der Waals surface area contributed by atoms with Gasteiger partial charge in [-0.1, -0.05) is 19.1 Å². The van der Waals surface area contributed by atoms with Gasteiger partial charge in [-0.05, 0) is 13.8 Å². The number of tetrazole rings is 1. The second-order valence-corrected chi connectivity index (χ2v) is 5.03. The van der Waals surface area contributed by atoms with Crippen molar-refractivity contribution in [3.05, 3.63) is 33.3 Å². The van der Waals surface area contributed by atoms with E-state index in [1.165, 1.54) is 0 Å². The number of hydrogen-bond donors (Lipinski definition) is 3. The number of H-pyrrole nitrogens is 2. The number of aromatic nitrogens is 6. The first-order chi connectivity index (χ1) is 9.90. The number of nitrogens with zero attached hydrogens (tertiary/aromatic N) is 4. The number of carbonyl (C=O) groups is 1. The van der Waals surface area contributed by atoms with E-state index in [2.05, 4.69) is 35.9 Å². The fourth-order valence-corrected chi connectivity index (χ4v) is 1.83. The van der Waals surface area contributed by atoms with Crippen LogP contribution in [0.1, 0.15) is 60.4 Å². The van der Waals surface area contributed by atoms with Crippen LogP contribution in [0.15, 0.2) is 4.79 Å². The number of rotatable bonds is 4. The molecule has 0 aliphatic carbocycles. The van der Waals surface area contributed by atoms with E-state index in [1.54, 1.807) is 13.8 Å². The molecule has 2 rings (SSSR count). The van der Waals surface area contributed by atoms with Crippen molar-refractivity contribution in [2.24, 2.45) is 0 Å². The number of amides is 1. The zero-order valence-corrected chi connectivity index (χ0v) is 12.3. The van der Waals surface area contributed by atoms with Gasteiger partial charge in [0.25, 0.3) is 11.5 Å². The molecule has 0 spiro atoms. The molecule has 0 saturated heterocycles. The molecule has 2 aromatic rings.